The summed E-state index contributed by atoms with van der Waals surface area (Å²) in [4.78, 5) is 21.6. The summed E-state index contributed by atoms with van der Waals surface area (Å²) in [6, 6.07) is 13.0. The van der Waals surface area contributed by atoms with Crippen molar-refractivity contribution >= 4 is 17.8 Å². The topological polar surface area (TPSA) is 81.5 Å². The standard InChI is InChI=1S/C22H25N5O2/c1-26-10-12-27(13-11-26)21-18(4-3-9-24-21)16-25-22(28)19(15-23)14-17-5-7-20(29-2)8-6-17/h3-9,14H,10-13,16H2,1-2H3,(H,25,28)/b19-14+. The Morgan fingerprint density at radius 3 is 2.62 bits per heavy atom. The fourth-order valence-corrected chi connectivity index (χ4v) is 3.16. The van der Waals surface area contributed by atoms with Crippen molar-refractivity contribution in [1.82, 2.24) is 15.2 Å². The molecular formula is C22H25N5O2. The number of nitrogens with zero attached hydrogens (tertiary/aromatic N) is 4. The predicted molar refractivity (Wildman–Crippen MR) is 112 cm³/mol. The molecule has 0 atom stereocenters. The average Bonchev–Trinajstić information content (AvgIpc) is 2.77. The number of benzene rings is 1. The number of nitrogens with one attached hydrogen (secondary N) is 1. The van der Waals surface area contributed by atoms with E-state index in [2.05, 4.69) is 27.1 Å². The molecule has 1 aliphatic heterocycles. The number of carbonyl (C=O) groups excluding carboxylic acids is 1. The number of hydrogen-bond acceptors (Lipinski definition) is 6. The van der Waals surface area contributed by atoms with Gasteiger partial charge in [-0.15, -0.1) is 0 Å². The molecule has 0 saturated carbocycles. The summed E-state index contributed by atoms with van der Waals surface area (Å²) in [5, 5.41) is 12.3. The zero-order valence-electron chi connectivity index (χ0n) is 16.8. The highest BCUT2D eigenvalue weighted by atomic mass is 16.5. The van der Waals surface area contributed by atoms with Crippen molar-refractivity contribution in [2.24, 2.45) is 0 Å². The van der Waals surface area contributed by atoms with Gasteiger partial charge in [0, 0.05) is 44.5 Å². The number of nitriles is 1. The number of pyridine rings is 1. The van der Waals surface area contributed by atoms with Crippen molar-refractivity contribution in [2.45, 2.75) is 6.54 Å². The van der Waals surface area contributed by atoms with Crippen LogP contribution in [0, 0.1) is 11.3 Å². The van der Waals surface area contributed by atoms with E-state index in [1.807, 2.05) is 18.2 Å². The third kappa shape index (κ3) is 5.33. The monoisotopic (exact) mass is 391 g/mol. The Hall–Kier alpha value is -3.37. The maximum atomic E-state index is 12.5. The van der Waals surface area contributed by atoms with Gasteiger partial charge in [0.2, 0.25) is 0 Å². The number of anilines is 1. The number of likely N-dealkylation sites (N-methyl/N-ethyl adjacent to an activating group) is 1. The van der Waals surface area contributed by atoms with E-state index in [1.54, 1.807) is 43.6 Å². The van der Waals surface area contributed by atoms with Crippen LogP contribution < -0.4 is 15.0 Å². The molecule has 0 bridgehead atoms. The predicted octanol–water partition coefficient (Wildman–Crippen LogP) is 2.07. The molecule has 1 aromatic carbocycles. The highest BCUT2D eigenvalue weighted by Gasteiger charge is 2.18. The van der Waals surface area contributed by atoms with Crippen LogP contribution in [-0.4, -0.2) is 56.1 Å². The first kappa shape index (κ1) is 20.4. The van der Waals surface area contributed by atoms with Crippen molar-refractivity contribution in [3.05, 3.63) is 59.3 Å². The Bertz CT molecular complexity index is 910. The second-order valence-corrected chi connectivity index (χ2v) is 6.90. The number of methoxy groups -OCH3 is 1. The van der Waals surface area contributed by atoms with Gasteiger partial charge in [0.1, 0.15) is 23.2 Å². The van der Waals surface area contributed by atoms with E-state index in [1.165, 1.54) is 0 Å². The molecule has 3 rings (SSSR count). The Balaban J connectivity index is 1.68. The van der Waals surface area contributed by atoms with Gasteiger partial charge in [-0.1, -0.05) is 18.2 Å². The van der Waals surface area contributed by atoms with Crippen molar-refractivity contribution in [1.29, 1.82) is 5.26 Å². The molecule has 0 spiro atoms. The smallest absolute Gasteiger partial charge is 0.262 e. The molecule has 7 heteroatoms. The number of ether oxygens (including phenoxy) is 1. The summed E-state index contributed by atoms with van der Waals surface area (Å²) in [5.41, 5.74) is 1.75. The molecule has 150 valence electrons. The number of piperazine rings is 1. The second-order valence-electron chi connectivity index (χ2n) is 6.90. The van der Waals surface area contributed by atoms with E-state index >= 15 is 0 Å². The average molecular weight is 391 g/mol. The van der Waals surface area contributed by atoms with Crippen molar-refractivity contribution < 1.29 is 9.53 Å². The molecule has 2 heterocycles. The van der Waals surface area contributed by atoms with Gasteiger partial charge in [0.05, 0.1) is 7.11 Å². The first-order chi connectivity index (χ1) is 14.1. The van der Waals surface area contributed by atoms with E-state index in [-0.39, 0.29) is 5.57 Å². The van der Waals surface area contributed by atoms with Crippen LogP contribution in [0.25, 0.3) is 6.08 Å². The van der Waals surface area contributed by atoms with Crippen LogP contribution in [0.4, 0.5) is 5.82 Å². The molecule has 1 N–H and O–H groups in total. The molecule has 0 unspecified atom stereocenters. The van der Waals surface area contributed by atoms with Gasteiger partial charge in [-0.3, -0.25) is 4.79 Å². The van der Waals surface area contributed by atoms with Gasteiger partial charge in [-0.05, 0) is 36.9 Å². The lowest BCUT2D eigenvalue weighted by atomic mass is 10.1. The van der Waals surface area contributed by atoms with Gasteiger partial charge in [-0.25, -0.2) is 4.98 Å². The van der Waals surface area contributed by atoms with Crippen molar-refractivity contribution in [3.8, 4) is 11.8 Å². The molecule has 29 heavy (non-hydrogen) atoms. The van der Waals surface area contributed by atoms with Gasteiger partial charge in [0.15, 0.2) is 0 Å². The minimum Gasteiger partial charge on any atom is -0.497 e. The van der Waals surface area contributed by atoms with Crippen molar-refractivity contribution in [3.63, 3.8) is 0 Å². The van der Waals surface area contributed by atoms with Gasteiger partial charge < -0.3 is 19.9 Å². The van der Waals surface area contributed by atoms with Crippen LogP contribution >= 0.6 is 0 Å². The molecule has 7 nitrogen and oxygen atoms in total. The summed E-state index contributed by atoms with van der Waals surface area (Å²) in [6.45, 7) is 4.07. The molecule has 1 aliphatic rings. The SMILES string of the molecule is COc1ccc(/C=C(\C#N)C(=O)NCc2cccnc2N2CCN(C)CC2)cc1. The summed E-state index contributed by atoms with van der Waals surface area (Å²) in [6.07, 6.45) is 3.34. The summed E-state index contributed by atoms with van der Waals surface area (Å²) < 4.78 is 5.13. The van der Waals surface area contributed by atoms with Crippen LogP contribution in [0.3, 0.4) is 0 Å². The normalized spacial score (nSPS) is 14.9. The third-order valence-corrected chi connectivity index (χ3v) is 4.90. The number of rotatable bonds is 6. The largest absolute Gasteiger partial charge is 0.497 e. The first-order valence-corrected chi connectivity index (χ1v) is 9.52. The van der Waals surface area contributed by atoms with Crippen molar-refractivity contribution in [2.75, 3.05) is 45.2 Å². The molecule has 1 aromatic heterocycles. The Morgan fingerprint density at radius 2 is 1.97 bits per heavy atom. The second kappa shape index (κ2) is 9.71. The first-order valence-electron chi connectivity index (χ1n) is 9.52. The minimum atomic E-state index is -0.406. The lowest BCUT2D eigenvalue weighted by molar-refractivity contribution is -0.117. The Labute approximate surface area is 171 Å². The highest BCUT2D eigenvalue weighted by Crippen LogP contribution is 2.19. The summed E-state index contributed by atoms with van der Waals surface area (Å²) in [7, 11) is 3.70. The summed E-state index contributed by atoms with van der Waals surface area (Å²) >= 11 is 0. The molecule has 0 aliphatic carbocycles. The molecular weight excluding hydrogens is 366 g/mol. The molecule has 2 aromatic rings. The number of amides is 1. The van der Waals surface area contributed by atoms with E-state index in [9.17, 15) is 10.1 Å². The molecule has 1 fully saturated rings. The number of carbonyl (C=O) groups is 1. The third-order valence-electron chi connectivity index (χ3n) is 4.90. The van der Waals surface area contributed by atoms with E-state index in [0.717, 1.165) is 48.9 Å². The zero-order chi connectivity index (χ0) is 20.6. The Kier molecular flexibility index (Phi) is 6.82. The maximum absolute atomic E-state index is 12.5. The number of aromatic nitrogens is 1. The minimum absolute atomic E-state index is 0.0557. The van der Waals surface area contributed by atoms with Gasteiger partial charge >= 0.3 is 0 Å². The van der Waals surface area contributed by atoms with Gasteiger partial charge in [0.25, 0.3) is 5.91 Å². The highest BCUT2D eigenvalue weighted by molar-refractivity contribution is 6.01. The van der Waals surface area contributed by atoms with Gasteiger partial charge in [-0.2, -0.15) is 5.26 Å². The van der Waals surface area contributed by atoms with Crippen LogP contribution in [-0.2, 0) is 11.3 Å². The lowest BCUT2D eigenvalue weighted by Gasteiger charge is -2.34. The summed E-state index contributed by atoms with van der Waals surface area (Å²) in [5.74, 6) is 1.20. The number of hydrogen-bond donors (Lipinski definition) is 1. The van der Waals surface area contributed by atoms with E-state index < -0.39 is 5.91 Å². The maximum Gasteiger partial charge on any atom is 0.262 e. The van der Waals surface area contributed by atoms with Crippen LogP contribution in [0.2, 0.25) is 0 Å². The van der Waals surface area contributed by atoms with Crippen LogP contribution in [0.5, 0.6) is 5.75 Å². The lowest BCUT2D eigenvalue weighted by Crippen LogP contribution is -2.45. The zero-order valence-corrected chi connectivity index (χ0v) is 16.8. The fraction of sp³-hybridized carbons (Fsp3) is 0.318. The fourth-order valence-electron chi connectivity index (χ4n) is 3.16. The van der Waals surface area contributed by atoms with E-state index in [4.69, 9.17) is 4.74 Å². The Morgan fingerprint density at radius 1 is 1.24 bits per heavy atom. The molecule has 0 radical (unpaired) electrons. The van der Waals surface area contributed by atoms with Crippen LogP contribution in [0.1, 0.15) is 11.1 Å². The van der Waals surface area contributed by atoms with E-state index in [0.29, 0.717) is 6.54 Å². The quantitative estimate of drug-likeness (QED) is 0.600. The molecule has 1 amide bonds. The molecule has 1 saturated heterocycles. The van der Waals surface area contributed by atoms with Crippen LogP contribution in [0.15, 0.2) is 48.2 Å².